The van der Waals surface area contributed by atoms with Crippen molar-refractivity contribution in [2.75, 3.05) is 0 Å². The normalized spacial score (nSPS) is 12.7. The summed E-state index contributed by atoms with van der Waals surface area (Å²) in [6.07, 6.45) is 66.5. The zero-order valence-corrected chi connectivity index (χ0v) is 41.1. The van der Waals surface area contributed by atoms with Gasteiger partial charge in [-0.15, -0.1) is 0 Å². The Labute approximate surface area is 368 Å². The summed E-state index contributed by atoms with van der Waals surface area (Å²) < 4.78 is 6.54. The predicted octanol–water partition coefficient (Wildman–Crippen LogP) is 20.7. The van der Waals surface area contributed by atoms with E-state index in [0.717, 1.165) is 12.8 Å². The molecule has 0 saturated heterocycles. The number of rotatable bonds is 51. The summed E-state index contributed by atoms with van der Waals surface area (Å²) in [5.41, 5.74) is 0. The Morgan fingerprint density at radius 2 is 0.483 bits per heavy atom. The number of unbranched alkanes of at least 4 members (excludes halogenated alkanes) is 41. The second-order valence-corrected chi connectivity index (χ2v) is 19.4. The zero-order valence-electron chi connectivity index (χ0n) is 41.1. The van der Waals surface area contributed by atoms with E-state index < -0.39 is 0 Å². The van der Waals surface area contributed by atoms with Gasteiger partial charge in [-0.3, -0.25) is 4.79 Å². The van der Waals surface area contributed by atoms with Crippen molar-refractivity contribution in [3.63, 3.8) is 0 Å². The molecule has 0 spiro atoms. The second kappa shape index (κ2) is 50.8. The Balaban J connectivity index is 4.73. The third kappa shape index (κ3) is 45.0. The maximum absolute atomic E-state index is 13.4. The molecular weight excluding hydrogens is 705 g/mol. The predicted molar refractivity (Wildman–Crippen MR) is 262 cm³/mol. The molecule has 58 heavy (non-hydrogen) atoms. The quantitative estimate of drug-likeness (QED) is 0.0452. The van der Waals surface area contributed by atoms with Crippen LogP contribution in [0.15, 0.2) is 0 Å². The van der Waals surface area contributed by atoms with Crippen LogP contribution in [0.2, 0.25) is 0 Å². The minimum Gasteiger partial charge on any atom is -0.462 e. The van der Waals surface area contributed by atoms with Crippen LogP contribution in [0.4, 0.5) is 0 Å². The number of esters is 1. The molecule has 0 aliphatic heterocycles. The second-order valence-electron chi connectivity index (χ2n) is 19.4. The number of carbonyl (C=O) groups is 1. The molecule has 0 bridgehead atoms. The van der Waals surface area contributed by atoms with Gasteiger partial charge in [-0.1, -0.05) is 304 Å². The van der Waals surface area contributed by atoms with Crippen LogP contribution in [-0.2, 0) is 9.53 Å². The maximum atomic E-state index is 13.4. The number of ether oxygens (including phenoxy) is 1. The van der Waals surface area contributed by atoms with Crippen LogP contribution in [0.3, 0.4) is 0 Å². The molecule has 0 rings (SSSR count). The molecule has 0 aliphatic carbocycles. The fraction of sp³-hybridized carbons (Fsp3) is 0.982. The molecule has 348 valence electrons. The Kier molecular flexibility index (Phi) is 50.4. The van der Waals surface area contributed by atoms with Crippen molar-refractivity contribution < 1.29 is 9.53 Å². The molecule has 2 atom stereocenters. The highest BCUT2D eigenvalue weighted by Gasteiger charge is 2.24. The molecular formula is C56H112O2. The first kappa shape index (κ1) is 57.5. The molecule has 0 amide bonds. The van der Waals surface area contributed by atoms with Crippen molar-refractivity contribution in [1.29, 1.82) is 0 Å². The highest BCUT2D eigenvalue weighted by Crippen LogP contribution is 2.29. The van der Waals surface area contributed by atoms with Crippen LogP contribution in [0.1, 0.15) is 342 Å². The molecule has 0 radical (unpaired) electrons. The van der Waals surface area contributed by atoms with Gasteiger partial charge in [-0.25, -0.2) is 0 Å². The lowest BCUT2D eigenvalue weighted by molar-refractivity contribution is -0.153. The Hall–Kier alpha value is -0.530. The van der Waals surface area contributed by atoms with Crippen molar-refractivity contribution in [1.82, 2.24) is 0 Å². The van der Waals surface area contributed by atoms with Gasteiger partial charge in [0.15, 0.2) is 0 Å². The molecule has 0 aromatic carbocycles. The highest BCUT2D eigenvalue weighted by atomic mass is 16.5. The summed E-state index contributed by atoms with van der Waals surface area (Å²) in [6.45, 7) is 9.24. The van der Waals surface area contributed by atoms with Crippen LogP contribution in [-0.4, -0.2) is 12.1 Å². The van der Waals surface area contributed by atoms with Gasteiger partial charge >= 0.3 is 5.97 Å². The monoisotopic (exact) mass is 817 g/mol. The van der Waals surface area contributed by atoms with Crippen LogP contribution in [0.5, 0.6) is 0 Å². The van der Waals surface area contributed by atoms with Crippen LogP contribution >= 0.6 is 0 Å². The summed E-state index contributed by atoms with van der Waals surface area (Å²) in [5.74, 6) is 0.674. The zero-order chi connectivity index (χ0) is 42.1. The first-order valence-electron chi connectivity index (χ1n) is 27.9. The Bertz CT molecular complexity index is 747. The number of hydrogen-bond donors (Lipinski definition) is 0. The van der Waals surface area contributed by atoms with E-state index in [1.807, 2.05) is 0 Å². The van der Waals surface area contributed by atoms with Gasteiger partial charge in [0.1, 0.15) is 6.10 Å². The van der Waals surface area contributed by atoms with Gasteiger partial charge in [0, 0.05) is 6.42 Å². The van der Waals surface area contributed by atoms with Crippen LogP contribution < -0.4 is 0 Å². The largest absolute Gasteiger partial charge is 0.462 e. The SMILES string of the molecule is CCCCCCCCCCCCCCCCCC(=O)OC(CCCCCCCCCCCCCCCCC)C(CCCCCCCC)CCCCCCCCCCC. The van der Waals surface area contributed by atoms with E-state index in [9.17, 15) is 4.79 Å². The average molecular weight is 818 g/mol. The van der Waals surface area contributed by atoms with Gasteiger partial charge in [0.25, 0.3) is 0 Å². The van der Waals surface area contributed by atoms with Crippen molar-refractivity contribution in [3.05, 3.63) is 0 Å². The third-order valence-corrected chi connectivity index (χ3v) is 13.5. The highest BCUT2D eigenvalue weighted by molar-refractivity contribution is 5.69. The van der Waals surface area contributed by atoms with Crippen molar-refractivity contribution >= 4 is 5.97 Å². The average Bonchev–Trinajstić information content (AvgIpc) is 3.23. The van der Waals surface area contributed by atoms with E-state index in [0.29, 0.717) is 12.3 Å². The van der Waals surface area contributed by atoms with Gasteiger partial charge in [-0.05, 0) is 38.0 Å². The van der Waals surface area contributed by atoms with E-state index in [1.165, 1.54) is 295 Å². The minimum absolute atomic E-state index is 0.112. The standard InChI is InChI=1S/C56H112O2/c1-5-9-13-17-21-24-26-28-30-32-34-37-40-44-48-52-55(54(50-46-42-20-16-12-8-4)51-47-43-39-36-23-19-15-11-7-3)58-56(57)53-49-45-41-38-35-33-31-29-27-25-22-18-14-10-6-2/h54-55H,5-53H2,1-4H3. The minimum atomic E-state index is 0.112. The van der Waals surface area contributed by atoms with Gasteiger partial charge in [-0.2, -0.15) is 0 Å². The van der Waals surface area contributed by atoms with Crippen LogP contribution in [0, 0.1) is 5.92 Å². The first-order valence-corrected chi connectivity index (χ1v) is 27.9. The molecule has 0 N–H and O–H groups in total. The summed E-state index contributed by atoms with van der Waals surface area (Å²) >= 11 is 0. The molecule has 0 saturated carbocycles. The summed E-state index contributed by atoms with van der Waals surface area (Å²) in [4.78, 5) is 13.4. The molecule has 0 heterocycles. The Morgan fingerprint density at radius 1 is 0.276 bits per heavy atom. The summed E-state index contributed by atoms with van der Waals surface area (Å²) in [7, 11) is 0. The Morgan fingerprint density at radius 3 is 0.741 bits per heavy atom. The van der Waals surface area contributed by atoms with Crippen molar-refractivity contribution in [3.8, 4) is 0 Å². The lowest BCUT2D eigenvalue weighted by Gasteiger charge is -2.28. The summed E-state index contributed by atoms with van der Waals surface area (Å²) in [6, 6.07) is 0. The lowest BCUT2D eigenvalue weighted by Crippen LogP contribution is -2.27. The van der Waals surface area contributed by atoms with Gasteiger partial charge < -0.3 is 4.74 Å². The first-order chi connectivity index (χ1) is 28.7. The fourth-order valence-electron chi connectivity index (χ4n) is 9.40. The topological polar surface area (TPSA) is 26.3 Å². The van der Waals surface area contributed by atoms with Gasteiger partial charge in [0.05, 0.1) is 0 Å². The van der Waals surface area contributed by atoms with E-state index >= 15 is 0 Å². The van der Waals surface area contributed by atoms with Crippen LogP contribution in [0.25, 0.3) is 0 Å². The smallest absolute Gasteiger partial charge is 0.306 e. The van der Waals surface area contributed by atoms with Crippen molar-refractivity contribution in [2.45, 2.75) is 348 Å². The number of hydrogen-bond acceptors (Lipinski definition) is 2. The maximum Gasteiger partial charge on any atom is 0.306 e. The van der Waals surface area contributed by atoms with E-state index in [-0.39, 0.29) is 12.1 Å². The van der Waals surface area contributed by atoms with E-state index in [1.54, 1.807) is 0 Å². The molecule has 2 heteroatoms. The molecule has 0 aromatic rings. The molecule has 0 fully saturated rings. The van der Waals surface area contributed by atoms with E-state index in [4.69, 9.17) is 4.74 Å². The van der Waals surface area contributed by atoms with E-state index in [2.05, 4.69) is 27.7 Å². The lowest BCUT2D eigenvalue weighted by atomic mass is 9.87. The number of carbonyl (C=O) groups excluding carboxylic acids is 1. The van der Waals surface area contributed by atoms with Gasteiger partial charge in [0.2, 0.25) is 0 Å². The molecule has 0 aromatic heterocycles. The van der Waals surface area contributed by atoms with Crippen molar-refractivity contribution in [2.24, 2.45) is 5.92 Å². The molecule has 0 aliphatic rings. The third-order valence-electron chi connectivity index (χ3n) is 13.5. The summed E-state index contributed by atoms with van der Waals surface area (Å²) in [5, 5.41) is 0. The molecule has 2 nitrogen and oxygen atoms in total. The molecule has 2 unspecified atom stereocenters. The fourth-order valence-corrected chi connectivity index (χ4v) is 9.40.